The van der Waals surface area contributed by atoms with Crippen molar-refractivity contribution >= 4 is 16.8 Å². The van der Waals surface area contributed by atoms with E-state index in [1.807, 2.05) is 56.4 Å². The van der Waals surface area contributed by atoms with E-state index in [2.05, 4.69) is 22.4 Å². The van der Waals surface area contributed by atoms with Crippen LogP contribution in [0.5, 0.6) is 17.2 Å². The molecule has 0 saturated carbocycles. The van der Waals surface area contributed by atoms with Crippen LogP contribution in [0.1, 0.15) is 36.5 Å². The molecule has 4 rings (SSSR count). The fourth-order valence-corrected chi connectivity index (χ4v) is 4.55. The van der Waals surface area contributed by atoms with Crippen LogP contribution in [0.3, 0.4) is 0 Å². The van der Waals surface area contributed by atoms with Crippen LogP contribution in [0.4, 0.5) is 0 Å². The molecule has 0 aliphatic carbocycles. The molecule has 1 heterocycles. The van der Waals surface area contributed by atoms with E-state index in [0.29, 0.717) is 29.4 Å². The molecule has 1 aromatic heterocycles. The molecule has 7 nitrogen and oxygen atoms in total. The predicted molar refractivity (Wildman–Crippen MR) is 143 cm³/mol. The van der Waals surface area contributed by atoms with Crippen molar-refractivity contribution in [2.75, 3.05) is 20.8 Å². The third-order valence-electron chi connectivity index (χ3n) is 6.41. The van der Waals surface area contributed by atoms with Crippen molar-refractivity contribution < 1.29 is 19.0 Å². The number of methoxy groups -OCH3 is 2. The highest BCUT2D eigenvalue weighted by molar-refractivity contribution is 5.85. The first-order valence-electron chi connectivity index (χ1n) is 12.2. The van der Waals surface area contributed by atoms with Crippen molar-refractivity contribution in [1.82, 2.24) is 10.3 Å². The van der Waals surface area contributed by atoms with Gasteiger partial charge in [0.15, 0.2) is 17.6 Å². The molecule has 0 aliphatic rings. The number of nitriles is 1. The summed E-state index contributed by atoms with van der Waals surface area (Å²) in [6.45, 7) is 4.14. The summed E-state index contributed by atoms with van der Waals surface area (Å²) in [7, 11) is 3.22. The number of nitrogens with zero attached hydrogens (tertiary/aromatic N) is 1. The van der Waals surface area contributed by atoms with Crippen molar-refractivity contribution in [3.05, 3.63) is 89.6 Å². The number of ether oxygens (including phenoxy) is 3. The van der Waals surface area contributed by atoms with Crippen LogP contribution in [-0.2, 0) is 4.79 Å². The van der Waals surface area contributed by atoms with E-state index < -0.39 is 6.10 Å². The summed E-state index contributed by atoms with van der Waals surface area (Å²) >= 11 is 0. The molecule has 37 heavy (non-hydrogen) atoms. The van der Waals surface area contributed by atoms with Crippen LogP contribution in [0.15, 0.2) is 72.9 Å². The number of amides is 1. The molecular formula is C30H31N3O4. The van der Waals surface area contributed by atoms with Gasteiger partial charge in [0, 0.05) is 35.1 Å². The molecule has 190 valence electrons. The molecule has 3 aromatic carbocycles. The van der Waals surface area contributed by atoms with Crippen LogP contribution < -0.4 is 19.5 Å². The number of para-hydroxylation sites is 3. The second-order valence-electron chi connectivity index (χ2n) is 9.06. The predicted octanol–water partition coefficient (Wildman–Crippen LogP) is 5.41. The standard InChI is InChI=1S/C30H31N3O4/c1-19(2)28(37-26-14-8-5-10-20(26)16-31)30(34)33-18-24(22-12-9-15-27(35-3)29(22)36-4)23-17-32-25-13-7-6-11-21(23)25/h5-15,17,19,24,28,32H,18H2,1-4H3,(H,33,34). The Morgan fingerprint density at radius 3 is 2.41 bits per heavy atom. The minimum atomic E-state index is -0.773. The number of H-pyrrole nitrogens is 1. The molecule has 0 saturated heterocycles. The molecule has 4 aromatic rings. The van der Waals surface area contributed by atoms with E-state index in [-0.39, 0.29) is 17.7 Å². The van der Waals surface area contributed by atoms with E-state index in [1.165, 1.54) is 0 Å². The van der Waals surface area contributed by atoms with Crippen molar-refractivity contribution in [3.63, 3.8) is 0 Å². The lowest BCUT2D eigenvalue weighted by molar-refractivity contribution is -0.129. The summed E-state index contributed by atoms with van der Waals surface area (Å²) in [6, 6.07) is 22.9. The number of hydrogen-bond acceptors (Lipinski definition) is 5. The van der Waals surface area contributed by atoms with Gasteiger partial charge in [0.2, 0.25) is 0 Å². The zero-order chi connectivity index (χ0) is 26.4. The van der Waals surface area contributed by atoms with Gasteiger partial charge in [-0.2, -0.15) is 5.26 Å². The molecule has 1 amide bonds. The molecular weight excluding hydrogens is 466 g/mol. The Morgan fingerprint density at radius 2 is 1.68 bits per heavy atom. The van der Waals surface area contributed by atoms with Crippen LogP contribution in [0.25, 0.3) is 10.9 Å². The van der Waals surface area contributed by atoms with Crippen LogP contribution in [0, 0.1) is 17.2 Å². The number of aromatic nitrogens is 1. The summed E-state index contributed by atoms with van der Waals surface area (Å²) < 4.78 is 17.4. The van der Waals surface area contributed by atoms with E-state index in [4.69, 9.17) is 14.2 Å². The first-order chi connectivity index (χ1) is 18.0. The quantitative estimate of drug-likeness (QED) is 0.305. The van der Waals surface area contributed by atoms with Crippen LogP contribution in [0.2, 0.25) is 0 Å². The van der Waals surface area contributed by atoms with Gasteiger partial charge in [0.05, 0.1) is 19.8 Å². The first kappa shape index (κ1) is 25.6. The molecule has 2 N–H and O–H groups in total. The van der Waals surface area contributed by atoms with Gasteiger partial charge in [-0.1, -0.05) is 56.3 Å². The zero-order valence-corrected chi connectivity index (χ0v) is 21.4. The summed E-state index contributed by atoms with van der Waals surface area (Å²) in [5.74, 6) is 1.02. The molecule has 7 heteroatoms. The third kappa shape index (κ3) is 5.39. The van der Waals surface area contributed by atoms with E-state index in [0.717, 1.165) is 22.0 Å². The average Bonchev–Trinajstić information content (AvgIpc) is 3.35. The second kappa shape index (κ2) is 11.5. The molecule has 0 bridgehead atoms. The Morgan fingerprint density at radius 1 is 0.946 bits per heavy atom. The molecule has 2 atom stereocenters. The Bertz CT molecular complexity index is 1420. The number of nitrogens with one attached hydrogen (secondary N) is 2. The zero-order valence-electron chi connectivity index (χ0n) is 21.4. The van der Waals surface area contributed by atoms with Crippen molar-refractivity contribution in [2.45, 2.75) is 25.9 Å². The number of benzene rings is 3. The maximum Gasteiger partial charge on any atom is 0.261 e. The molecule has 0 fully saturated rings. The highest BCUT2D eigenvalue weighted by atomic mass is 16.5. The lowest BCUT2D eigenvalue weighted by Crippen LogP contribution is -2.43. The Balaban J connectivity index is 1.67. The molecule has 0 radical (unpaired) electrons. The van der Waals surface area contributed by atoms with Crippen molar-refractivity contribution in [1.29, 1.82) is 5.26 Å². The van der Waals surface area contributed by atoms with Gasteiger partial charge in [-0.25, -0.2) is 0 Å². The lowest BCUT2D eigenvalue weighted by Gasteiger charge is -2.25. The molecule has 2 unspecified atom stereocenters. The van der Waals surface area contributed by atoms with E-state index in [1.54, 1.807) is 38.5 Å². The van der Waals surface area contributed by atoms with Gasteiger partial charge < -0.3 is 24.5 Å². The number of carbonyl (C=O) groups is 1. The normalized spacial score (nSPS) is 12.5. The SMILES string of the molecule is COc1cccc(C(CNC(=O)C(Oc2ccccc2C#N)C(C)C)c2c[nH]c3ccccc23)c1OC. The average molecular weight is 498 g/mol. The summed E-state index contributed by atoms with van der Waals surface area (Å²) in [5.41, 5.74) is 3.31. The van der Waals surface area contributed by atoms with Gasteiger partial charge in [0.25, 0.3) is 5.91 Å². The van der Waals surface area contributed by atoms with Gasteiger partial charge in [0.1, 0.15) is 11.8 Å². The minimum absolute atomic E-state index is 0.121. The Kier molecular flexibility index (Phi) is 7.99. The Labute approximate surface area is 217 Å². The van der Waals surface area contributed by atoms with Crippen LogP contribution in [-0.4, -0.2) is 37.8 Å². The monoisotopic (exact) mass is 497 g/mol. The Hall–Kier alpha value is -4.44. The van der Waals surface area contributed by atoms with E-state index in [9.17, 15) is 10.1 Å². The summed E-state index contributed by atoms with van der Waals surface area (Å²) in [4.78, 5) is 16.8. The second-order valence-corrected chi connectivity index (χ2v) is 9.06. The van der Waals surface area contributed by atoms with Crippen molar-refractivity contribution in [2.24, 2.45) is 5.92 Å². The fraction of sp³-hybridized carbons (Fsp3) is 0.267. The molecule has 0 aliphatic heterocycles. The highest BCUT2D eigenvalue weighted by Crippen LogP contribution is 2.40. The van der Waals surface area contributed by atoms with Crippen LogP contribution >= 0.6 is 0 Å². The number of fused-ring (bicyclic) bond motifs is 1. The minimum Gasteiger partial charge on any atom is -0.493 e. The summed E-state index contributed by atoms with van der Waals surface area (Å²) in [6.07, 6.45) is 1.20. The van der Waals surface area contributed by atoms with E-state index >= 15 is 0 Å². The largest absolute Gasteiger partial charge is 0.493 e. The number of hydrogen-bond donors (Lipinski definition) is 2. The number of rotatable bonds is 10. The highest BCUT2D eigenvalue weighted by Gasteiger charge is 2.28. The maximum absolute atomic E-state index is 13.5. The van der Waals surface area contributed by atoms with Gasteiger partial charge in [-0.3, -0.25) is 4.79 Å². The molecule has 0 spiro atoms. The smallest absolute Gasteiger partial charge is 0.261 e. The number of aromatic amines is 1. The van der Waals surface area contributed by atoms with Crippen molar-refractivity contribution in [3.8, 4) is 23.3 Å². The third-order valence-corrected chi connectivity index (χ3v) is 6.41. The topological polar surface area (TPSA) is 96.4 Å². The maximum atomic E-state index is 13.5. The number of carbonyl (C=O) groups excluding carboxylic acids is 1. The van der Waals surface area contributed by atoms with Gasteiger partial charge >= 0.3 is 0 Å². The van der Waals surface area contributed by atoms with Gasteiger partial charge in [-0.15, -0.1) is 0 Å². The summed E-state index contributed by atoms with van der Waals surface area (Å²) in [5, 5.41) is 13.6. The fourth-order valence-electron chi connectivity index (χ4n) is 4.55. The van der Waals surface area contributed by atoms with Gasteiger partial charge in [-0.05, 0) is 35.7 Å². The lowest BCUT2D eigenvalue weighted by atomic mass is 9.89. The first-order valence-corrected chi connectivity index (χ1v) is 12.2.